The summed E-state index contributed by atoms with van der Waals surface area (Å²) in [7, 11) is 0. The first kappa shape index (κ1) is 16.7. The molecule has 1 aromatic carbocycles. The van der Waals surface area contributed by atoms with E-state index in [9.17, 15) is 9.90 Å². The van der Waals surface area contributed by atoms with E-state index >= 15 is 0 Å². The smallest absolute Gasteiger partial charge is 0.338 e. The first-order chi connectivity index (χ1) is 9.69. The molecule has 0 amide bonds. The molecule has 20 heavy (non-hydrogen) atoms. The van der Waals surface area contributed by atoms with Crippen LogP contribution in [0.25, 0.3) is 0 Å². The van der Waals surface area contributed by atoms with Crippen LogP contribution in [0, 0.1) is 0 Å². The van der Waals surface area contributed by atoms with Crippen LogP contribution < -0.4 is 0 Å². The molecule has 0 saturated heterocycles. The number of benzene rings is 1. The van der Waals surface area contributed by atoms with Gasteiger partial charge in [-0.2, -0.15) is 0 Å². The maximum Gasteiger partial charge on any atom is 0.338 e. The Labute approximate surface area is 120 Å². The molecular weight excluding hydrogens is 256 g/mol. The lowest BCUT2D eigenvalue weighted by atomic mass is 10.1. The monoisotopic (exact) mass is 280 g/mol. The van der Waals surface area contributed by atoms with Gasteiger partial charge in [-0.25, -0.2) is 4.79 Å². The van der Waals surface area contributed by atoms with Crippen LogP contribution in [0.2, 0.25) is 0 Å². The summed E-state index contributed by atoms with van der Waals surface area (Å²) in [6.07, 6.45) is 2.86. The normalized spacial score (nSPS) is 12.2. The van der Waals surface area contributed by atoms with Gasteiger partial charge in [0, 0.05) is 5.56 Å². The average molecular weight is 280 g/mol. The van der Waals surface area contributed by atoms with Gasteiger partial charge in [0.1, 0.15) is 0 Å². The van der Waals surface area contributed by atoms with Crippen LogP contribution >= 0.6 is 0 Å². The molecule has 0 aliphatic rings. The fourth-order valence-corrected chi connectivity index (χ4v) is 1.61. The molecule has 1 unspecified atom stereocenters. The summed E-state index contributed by atoms with van der Waals surface area (Å²) in [5.41, 5.74) is 1.14. The third kappa shape index (κ3) is 5.72. The highest BCUT2D eigenvalue weighted by atomic mass is 16.6. The number of carbonyl (C=O) groups excluding carboxylic acids is 1. The number of hydrogen-bond acceptors (Lipinski definition) is 4. The molecule has 1 rings (SSSR count). The summed E-state index contributed by atoms with van der Waals surface area (Å²) in [5.74, 6) is -0.327. The summed E-state index contributed by atoms with van der Waals surface area (Å²) in [6, 6.07) is 6.67. The van der Waals surface area contributed by atoms with E-state index in [-0.39, 0.29) is 5.97 Å². The molecular formula is C16H24O4. The Hall–Kier alpha value is -1.39. The van der Waals surface area contributed by atoms with Crippen molar-refractivity contribution in [2.75, 3.05) is 13.2 Å². The van der Waals surface area contributed by atoms with E-state index in [0.717, 1.165) is 25.7 Å². The molecule has 0 radical (unpaired) electrons. The lowest BCUT2D eigenvalue weighted by molar-refractivity contribution is -0.103. The molecule has 112 valence electrons. The Morgan fingerprint density at radius 2 is 1.70 bits per heavy atom. The van der Waals surface area contributed by atoms with Crippen molar-refractivity contribution < 1.29 is 19.4 Å². The van der Waals surface area contributed by atoms with Crippen LogP contribution in [0.3, 0.4) is 0 Å². The van der Waals surface area contributed by atoms with Crippen LogP contribution in [0.5, 0.6) is 0 Å². The number of hydrogen-bond donors (Lipinski definition) is 1. The molecule has 1 aromatic rings. The van der Waals surface area contributed by atoms with Gasteiger partial charge in [-0.05, 0) is 25.0 Å². The zero-order valence-electron chi connectivity index (χ0n) is 12.3. The van der Waals surface area contributed by atoms with Crippen LogP contribution in [0.1, 0.15) is 61.7 Å². The van der Waals surface area contributed by atoms with Gasteiger partial charge >= 0.3 is 5.97 Å². The molecule has 0 saturated carbocycles. The molecule has 0 heterocycles. The van der Waals surface area contributed by atoms with Crippen LogP contribution in [-0.4, -0.2) is 24.3 Å². The van der Waals surface area contributed by atoms with E-state index in [0.29, 0.717) is 24.3 Å². The summed E-state index contributed by atoms with van der Waals surface area (Å²) in [4.78, 5) is 11.7. The highest BCUT2D eigenvalue weighted by Crippen LogP contribution is 2.16. The minimum absolute atomic E-state index is 0.327. The molecule has 0 aliphatic heterocycles. The van der Waals surface area contributed by atoms with Crippen LogP contribution in [0.15, 0.2) is 24.3 Å². The molecule has 4 nitrogen and oxygen atoms in total. The van der Waals surface area contributed by atoms with E-state index in [2.05, 4.69) is 6.92 Å². The summed E-state index contributed by atoms with van der Waals surface area (Å²) >= 11 is 0. The second-order valence-electron chi connectivity index (χ2n) is 4.69. The van der Waals surface area contributed by atoms with Crippen LogP contribution in [0.4, 0.5) is 0 Å². The topological polar surface area (TPSA) is 55.8 Å². The van der Waals surface area contributed by atoms with E-state index < -0.39 is 6.29 Å². The Balaban J connectivity index is 2.48. The molecule has 1 atom stereocenters. The molecule has 0 aromatic heterocycles. The number of rotatable bonds is 9. The van der Waals surface area contributed by atoms with E-state index in [4.69, 9.17) is 9.47 Å². The van der Waals surface area contributed by atoms with Crippen molar-refractivity contribution >= 4 is 5.97 Å². The van der Waals surface area contributed by atoms with E-state index in [1.165, 1.54) is 0 Å². The largest absolute Gasteiger partial charge is 0.462 e. The van der Waals surface area contributed by atoms with Gasteiger partial charge in [-0.3, -0.25) is 0 Å². The third-order valence-corrected chi connectivity index (χ3v) is 2.94. The molecule has 4 heteroatoms. The van der Waals surface area contributed by atoms with Crippen molar-refractivity contribution in [3.05, 3.63) is 35.4 Å². The molecule has 0 bridgehead atoms. The number of esters is 1. The maximum atomic E-state index is 11.7. The fraction of sp³-hybridized carbons (Fsp3) is 0.562. The quantitative estimate of drug-likeness (QED) is 0.427. The number of unbranched alkanes of at least 4 members (excludes halogenated alkanes) is 2. The van der Waals surface area contributed by atoms with Gasteiger partial charge in [0.15, 0.2) is 6.29 Å². The minimum atomic E-state index is -0.938. The first-order valence-electron chi connectivity index (χ1n) is 7.25. The highest BCUT2D eigenvalue weighted by molar-refractivity contribution is 5.89. The van der Waals surface area contributed by atoms with Gasteiger partial charge in [0.05, 0.1) is 18.8 Å². The Morgan fingerprint density at radius 1 is 1.10 bits per heavy atom. The van der Waals surface area contributed by atoms with Crippen molar-refractivity contribution in [1.29, 1.82) is 0 Å². The number of aliphatic hydroxyl groups excluding tert-OH is 1. The van der Waals surface area contributed by atoms with Crippen LogP contribution in [-0.2, 0) is 9.47 Å². The predicted molar refractivity (Wildman–Crippen MR) is 77.5 cm³/mol. The Bertz CT molecular complexity index is 386. The summed E-state index contributed by atoms with van der Waals surface area (Å²) in [5, 5.41) is 9.81. The van der Waals surface area contributed by atoms with E-state index in [1.54, 1.807) is 24.3 Å². The van der Waals surface area contributed by atoms with Gasteiger partial charge < -0.3 is 14.6 Å². The zero-order valence-corrected chi connectivity index (χ0v) is 12.3. The SMILES string of the molecule is CCCCOC(=O)c1ccc(C(O)OCCCC)cc1. The second kappa shape index (κ2) is 9.50. The van der Waals surface area contributed by atoms with Gasteiger partial charge in [0.2, 0.25) is 0 Å². The average Bonchev–Trinajstić information content (AvgIpc) is 2.47. The number of ether oxygens (including phenoxy) is 2. The lowest BCUT2D eigenvalue weighted by Gasteiger charge is -2.12. The predicted octanol–water partition coefficient (Wildman–Crippen LogP) is 3.45. The number of carbonyl (C=O) groups is 1. The minimum Gasteiger partial charge on any atom is -0.462 e. The van der Waals surface area contributed by atoms with Crippen molar-refractivity contribution in [2.24, 2.45) is 0 Å². The molecule has 1 N–H and O–H groups in total. The maximum absolute atomic E-state index is 11.7. The van der Waals surface area contributed by atoms with Gasteiger partial charge in [-0.1, -0.05) is 38.8 Å². The third-order valence-electron chi connectivity index (χ3n) is 2.94. The van der Waals surface area contributed by atoms with Crippen molar-refractivity contribution in [2.45, 2.75) is 45.8 Å². The molecule has 0 aliphatic carbocycles. The summed E-state index contributed by atoms with van der Waals surface area (Å²) in [6.45, 7) is 5.08. The van der Waals surface area contributed by atoms with Crippen molar-refractivity contribution in [1.82, 2.24) is 0 Å². The van der Waals surface area contributed by atoms with E-state index in [1.807, 2.05) is 6.92 Å². The number of aliphatic hydroxyl groups is 1. The fourth-order valence-electron chi connectivity index (χ4n) is 1.61. The molecule has 0 spiro atoms. The Kier molecular flexibility index (Phi) is 7.92. The van der Waals surface area contributed by atoms with Gasteiger partial charge in [0.25, 0.3) is 0 Å². The van der Waals surface area contributed by atoms with Gasteiger partial charge in [-0.15, -0.1) is 0 Å². The lowest BCUT2D eigenvalue weighted by Crippen LogP contribution is -2.08. The first-order valence-corrected chi connectivity index (χ1v) is 7.25. The molecule has 0 fully saturated rings. The Morgan fingerprint density at radius 3 is 2.30 bits per heavy atom. The highest BCUT2D eigenvalue weighted by Gasteiger charge is 2.10. The van der Waals surface area contributed by atoms with Crippen molar-refractivity contribution in [3.8, 4) is 0 Å². The zero-order chi connectivity index (χ0) is 14.8. The summed E-state index contributed by atoms with van der Waals surface area (Å²) < 4.78 is 10.4. The standard InChI is InChI=1S/C16H24O4/c1-3-5-11-19-15(17)13-7-9-14(10-8-13)16(18)20-12-6-4-2/h7-10,15,17H,3-6,11-12H2,1-2H3. The van der Waals surface area contributed by atoms with Crippen molar-refractivity contribution in [3.63, 3.8) is 0 Å². The second-order valence-corrected chi connectivity index (χ2v) is 4.69.